The predicted octanol–water partition coefficient (Wildman–Crippen LogP) is 4.99. The molecule has 164 valence electrons. The molecule has 1 aliphatic heterocycles. The number of hydrogen-bond donors (Lipinski definition) is 2. The number of thiophene rings is 1. The summed E-state index contributed by atoms with van der Waals surface area (Å²) in [5.41, 5.74) is 3.32. The number of benzene rings is 1. The number of pyridine rings is 1. The van der Waals surface area contributed by atoms with Crippen molar-refractivity contribution in [3.63, 3.8) is 0 Å². The maximum Gasteiger partial charge on any atom is 0.246 e. The summed E-state index contributed by atoms with van der Waals surface area (Å²) in [7, 11) is 1.85. The number of fused-ring (bicyclic) bond motifs is 2. The van der Waals surface area contributed by atoms with Gasteiger partial charge in [0.25, 0.3) is 0 Å². The quantitative estimate of drug-likeness (QED) is 0.543. The van der Waals surface area contributed by atoms with Crippen LogP contribution in [-0.4, -0.2) is 34.9 Å². The van der Waals surface area contributed by atoms with Gasteiger partial charge in [0.05, 0.1) is 6.54 Å². The molecule has 0 saturated heterocycles. The molecule has 2 aromatic heterocycles. The standard InChI is InChI=1S/C24H28N4OS.ClH/c1-16-19-7-5-6-8-20(19)30-21(16)14-28(4)22(29)10-9-17-11-18-13-27-24(2,3)15-26-23(18)25-12-17;/h5-12,27H,13-15H2,1-4H3,(H,25,26);1H. The highest BCUT2D eigenvalue weighted by molar-refractivity contribution is 7.19. The number of aromatic nitrogens is 1. The number of carbonyl (C=O) groups is 1. The Hall–Kier alpha value is -2.41. The molecule has 0 atom stereocenters. The van der Waals surface area contributed by atoms with Crippen LogP contribution in [0.5, 0.6) is 0 Å². The Morgan fingerprint density at radius 1 is 1.32 bits per heavy atom. The van der Waals surface area contributed by atoms with Gasteiger partial charge in [-0.15, -0.1) is 23.7 Å². The largest absolute Gasteiger partial charge is 0.368 e. The van der Waals surface area contributed by atoms with E-state index in [1.54, 1.807) is 22.3 Å². The highest BCUT2D eigenvalue weighted by atomic mass is 35.5. The molecule has 3 heterocycles. The summed E-state index contributed by atoms with van der Waals surface area (Å²) in [4.78, 5) is 20.2. The summed E-state index contributed by atoms with van der Waals surface area (Å²) in [6, 6.07) is 10.5. The van der Waals surface area contributed by atoms with Gasteiger partial charge in [0, 0.05) is 53.1 Å². The zero-order chi connectivity index (χ0) is 21.3. The molecule has 5 nitrogen and oxygen atoms in total. The van der Waals surface area contributed by atoms with E-state index < -0.39 is 0 Å². The van der Waals surface area contributed by atoms with Gasteiger partial charge in [-0.05, 0) is 55.5 Å². The second-order valence-electron chi connectivity index (χ2n) is 8.54. The zero-order valence-corrected chi connectivity index (χ0v) is 20.0. The fourth-order valence-electron chi connectivity index (χ4n) is 3.58. The Labute approximate surface area is 194 Å². The maximum atomic E-state index is 12.7. The molecule has 31 heavy (non-hydrogen) atoms. The minimum atomic E-state index is -0.0146. The monoisotopic (exact) mass is 456 g/mol. The number of carbonyl (C=O) groups excluding carboxylic acids is 1. The van der Waals surface area contributed by atoms with Gasteiger partial charge in [-0.1, -0.05) is 18.2 Å². The number of likely N-dealkylation sites (N-methyl/N-ethyl adjacent to an activating group) is 1. The summed E-state index contributed by atoms with van der Waals surface area (Å²) in [6.07, 6.45) is 5.29. The van der Waals surface area contributed by atoms with E-state index in [0.29, 0.717) is 6.54 Å². The molecule has 0 saturated carbocycles. The molecule has 0 radical (unpaired) electrons. The van der Waals surface area contributed by atoms with Crippen LogP contribution < -0.4 is 10.6 Å². The van der Waals surface area contributed by atoms with E-state index in [2.05, 4.69) is 66.7 Å². The molecule has 0 spiro atoms. The van der Waals surface area contributed by atoms with Crippen molar-refractivity contribution in [3.05, 3.63) is 64.2 Å². The molecule has 0 bridgehead atoms. The fourth-order valence-corrected chi connectivity index (χ4v) is 4.84. The Morgan fingerprint density at radius 2 is 2.10 bits per heavy atom. The van der Waals surface area contributed by atoms with Gasteiger partial charge >= 0.3 is 0 Å². The molecule has 1 aromatic carbocycles. The van der Waals surface area contributed by atoms with Crippen molar-refractivity contribution in [2.45, 2.75) is 39.4 Å². The van der Waals surface area contributed by atoms with Crippen LogP contribution >= 0.6 is 23.7 Å². The van der Waals surface area contributed by atoms with Crippen molar-refractivity contribution in [2.75, 3.05) is 18.9 Å². The van der Waals surface area contributed by atoms with E-state index >= 15 is 0 Å². The Morgan fingerprint density at radius 3 is 2.87 bits per heavy atom. The normalized spacial score (nSPS) is 15.1. The Balaban J connectivity index is 0.00000272. The first kappa shape index (κ1) is 23.3. The van der Waals surface area contributed by atoms with E-state index in [9.17, 15) is 4.79 Å². The molecular formula is C24H29ClN4OS. The third kappa shape index (κ3) is 5.26. The van der Waals surface area contributed by atoms with Gasteiger partial charge in [0.1, 0.15) is 5.82 Å². The minimum absolute atomic E-state index is 0. The average Bonchev–Trinajstić information content (AvgIpc) is 2.95. The van der Waals surface area contributed by atoms with Gasteiger partial charge in [-0.25, -0.2) is 4.98 Å². The van der Waals surface area contributed by atoms with Crippen LogP contribution in [0, 0.1) is 6.92 Å². The number of halogens is 1. The van der Waals surface area contributed by atoms with Crippen LogP contribution in [0.1, 0.15) is 35.4 Å². The number of hydrogen-bond acceptors (Lipinski definition) is 5. The highest BCUT2D eigenvalue weighted by Crippen LogP contribution is 2.31. The first-order chi connectivity index (χ1) is 14.3. The lowest BCUT2D eigenvalue weighted by Gasteiger charge is -2.23. The predicted molar refractivity (Wildman–Crippen MR) is 133 cm³/mol. The first-order valence-electron chi connectivity index (χ1n) is 10.2. The van der Waals surface area contributed by atoms with Gasteiger partial charge < -0.3 is 15.5 Å². The molecule has 1 aliphatic rings. The average molecular weight is 457 g/mol. The van der Waals surface area contributed by atoms with Crippen LogP contribution in [0.3, 0.4) is 0 Å². The number of nitrogens with zero attached hydrogens (tertiary/aromatic N) is 2. The van der Waals surface area contributed by atoms with Crippen LogP contribution in [0.15, 0.2) is 42.6 Å². The number of anilines is 1. The lowest BCUT2D eigenvalue weighted by molar-refractivity contribution is -0.125. The van der Waals surface area contributed by atoms with Gasteiger partial charge in [0.2, 0.25) is 5.91 Å². The lowest BCUT2D eigenvalue weighted by atomic mass is 10.1. The van der Waals surface area contributed by atoms with E-state index in [1.807, 2.05) is 19.3 Å². The molecule has 3 aromatic rings. The van der Waals surface area contributed by atoms with E-state index in [0.717, 1.165) is 30.0 Å². The van der Waals surface area contributed by atoms with E-state index in [-0.39, 0.29) is 23.9 Å². The SMILES string of the molecule is Cc1c(CN(C)C(=O)C=Cc2cnc3c(c2)CNC(C)(C)CN3)sc2ccccc12.Cl. The summed E-state index contributed by atoms with van der Waals surface area (Å²) >= 11 is 1.76. The van der Waals surface area contributed by atoms with Crippen molar-refractivity contribution in [2.24, 2.45) is 0 Å². The summed E-state index contributed by atoms with van der Waals surface area (Å²) in [6.45, 7) is 8.65. The van der Waals surface area contributed by atoms with Crippen LogP contribution in [0.4, 0.5) is 5.82 Å². The van der Waals surface area contributed by atoms with Gasteiger partial charge in [0.15, 0.2) is 0 Å². The third-order valence-electron chi connectivity index (χ3n) is 5.56. The second kappa shape index (κ2) is 9.39. The zero-order valence-electron chi connectivity index (χ0n) is 18.4. The summed E-state index contributed by atoms with van der Waals surface area (Å²) in [5, 5.41) is 8.20. The molecule has 0 unspecified atom stereocenters. The topological polar surface area (TPSA) is 57.3 Å². The van der Waals surface area contributed by atoms with E-state index in [4.69, 9.17) is 0 Å². The third-order valence-corrected chi connectivity index (χ3v) is 6.82. The van der Waals surface area contributed by atoms with Crippen molar-refractivity contribution >= 4 is 51.6 Å². The van der Waals surface area contributed by atoms with Crippen molar-refractivity contribution < 1.29 is 4.79 Å². The van der Waals surface area contributed by atoms with Gasteiger partial charge in [-0.3, -0.25) is 4.79 Å². The first-order valence-corrected chi connectivity index (χ1v) is 11.0. The molecular weight excluding hydrogens is 428 g/mol. The smallest absolute Gasteiger partial charge is 0.246 e. The molecule has 0 aliphatic carbocycles. The number of nitrogens with one attached hydrogen (secondary N) is 2. The van der Waals surface area contributed by atoms with Crippen LogP contribution in [-0.2, 0) is 17.9 Å². The Kier molecular flexibility index (Phi) is 7.04. The maximum absolute atomic E-state index is 12.7. The molecule has 7 heteroatoms. The van der Waals surface area contributed by atoms with Crippen molar-refractivity contribution in [1.82, 2.24) is 15.2 Å². The molecule has 1 amide bonds. The molecule has 2 N–H and O–H groups in total. The van der Waals surface area contributed by atoms with Gasteiger partial charge in [-0.2, -0.15) is 0 Å². The number of rotatable bonds is 4. The second-order valence-corrected chi connectivity index (χ2v) is 9.68. The van der Waals surface area contributed by atoms with E-state index in [1.165, 1.54) is 20.5 Å². The minimum Gasteiger partial charge on any atom is -0.368 e. The molecule has 4 rings (SSSR count). The summed E-state index contributed by atoms with van der Waals surface area (Å²) < 4.78 is 1.27. The number of aryl methyl sites for hydroxylation is 1. The van der Waals surface area contributed by atoms with Crippen LogP contribution in [0.25, 0.3) is 16.2 Å². The molecule has 0 fully saturated rings. The fraction of sp³-hybridized carbons (Fsp3) is 0.333. The number of amides is 1. The summed E-state index contributed by atoms with van der Waals surface area (Å²) in [5.74, 6) is 0.896. The Bertz CT molecular complexity index is 1120. The lowest BCUT2D eigenvalue weighted by Crippen LogP contribution is -2.42. The van der Waals surface area contributed by atoms with Crippen molar-refractivity contribution in [1.29, 1.82) is 0 Å². The van der Waals surface area contributed by atoms with Crippen LogP contribution in [0.2, 0.25) is 0 Å². The highest BCUT2D eigenvalue weighted by Gasteiger charge is 2.22. The van der Waals surface area contributed by atoms with Crippen molar-refractivity contribution in [3.8, 4) is 0 Å².